The Hall–Kier alpha value is -1.75. The number of ketones is 1. The third-order valence-corrected chi connectivity index (χ3v) is 11.3. The van der Waals surface area contributed by atoms with E-state index in [2.05, 4.69) is 78.6 Å². The largest absolute Gasteiger partial charge is 0.414 e. The van der Waals surface area contributed by atoms with Crippen molar-refractivity contribution in [1.29, 1.82) is 0 Å². The van der Waals surface area contributed by atoms with Gasteiger partial charge in [-0.2, -0.15) is 0 Å². The Balaban J connectivity index is 2.65. The molecule has 0 amide bonds. The fourth-order valence-electron chi connectivity index (χ4n) is 3.59. The number of hydrogen-bond donors (Lipinski definition) is 1. The highest BCUT2D eigenvalue weighted by atomic mass is 28.4. The number of rotatable bonds is 15. The third kappa shape index (κ3) is 12.1. The number of aliphatic hydroxyl groups is 1. The van der Waals surface area contributed by atoms with Gasteiger partial charge in [0.1, 0.15) is 5.78 Å². The van der Waals surface area contributed by atoms with Gasteiger partial charge in [-0.25, -0.2) is 0 Å². The Labute approximate surface area is 210 Å². The number of benzene rings is 1. The van der Waals surface area contributed by atoms with Crippen LogP contribution >= 0.6 is 0 Å². The van der Waals surface area contributed by atoms with E-state index in [1.165, 1.54) is 16.7 Å². The zero-order valence-corrected chi connectivity index (χ0v) is 23.7. The molecule has 1 aromatic rings. The Morgan fingerprint density at radius 1 is 1.06 bits per heavy atom. The lowest BCUT2D eigenvalue weighted by Gasteiger charge is -2.40. The monoisotopic (exact) mass is 484 g/mol. The van der Waals surface area contributed by atoms with Gasteiger partial charge in [0.25, 0.3) is 0 Å². The first kappa shape index (κ1) is 30.3. The van der Waals surface area contributed by atoms with Gasteiger partial charge in [-0.05, 0) is 69.6 Å². The summed E-state index contributed by atoms with van der Waals surface area (Å²) in [5.41, 5.74) is 3.73. The van der Waals surface area contributed by atoms with E-state index in [1.54, 1.807) is 0 Å². The zero-order valence-electron chi connectivity index (χ0n) is 22.7. The van der Waals surface area contributed by atoms with Gasteiger partial charge in [0, 0.05) is 12.8 Å². The van der Waals surface area contributed by atoms with Crippen molar-refractivity contribution in [2.45, 2.75) is 110 Å². The van der Waals surface area contributed by atoms with Gasteiger partial charge in [0.2, 0.25) is 0 Å². The van der Waals surface area contributed by atoms with Crippen LogP contribution in [0.15, 0.2) is 66.3 Å². The summed E-state index contributed by atoms with van der Waals surface area (Å²) >= 11 is 0. The minimum Gasteiger partial charge on any atom is -0.414 e. The number of carbonyl (C=O) groups is 1. The molecule has 0 unspecified atom stereocenters. The average Bonchev–Trinajstić information content (AvgIpc) is 2.74. The van der Waals surface area contributed by atoms with Crippen molar-refractivity contribution in [3.8, 4) is 0 Å². The molecule has 3 nitrogen and oxygen atoms in total. The van der Waals surface area contributed by atoms with Crippen LogP contribution in [0, 0.1) is 0 Å². The molecule has 1 rings (SSSR count). The van der Waals surface area contributed by atoms with E-state index in [1.807, 2.05) is 24.3 Å². The van der Waals surface area contributed by atoms with Crippen molar-refractivity contribution in [3.05, 3.63) is 71.8 Å². The van der Waals surface area contributed by atoms with E-state index in [-0.39, 0.29) is 23.3 Å². The summed E-state index contributed by atoms with van der Waals surface area (Å²) in [5.74, 6) is 0.116. The number of Topliss-reactive ketones (excluding diaryl/α,β-unsaturated/α-hetero) is 1. The topological polar surface area (TPSA) is 46.5 Å². The number of carbonyl (C=O) groups excluding carboxylic acids is 1. The lowest BCUT2D eigenvalue weighted by atomic mass is 9.98. The van der Waals surface area contributed by atoms with Crippen molar-refractivity contribution in [1.82, 2.24) is 0 Å². The fourth-order valence-corrected chi connectivity index (χ4v) is 4.96. The van der Waals surface area contributed by atoms with Crippen molar-refractivity contribution < 1.29 is 14.3 Å². The molecular weight excluding hydrogens is 436 g/mol. The Bertz CT molecular complexity index is 815. The second-order valence-electron chi connectivity index (χ2n) is 11.2. The molecule has 1 N–H and O–H groups in total. The second kappa shape index (κ2) is 14.6. The first-order valence-corrected chi connectivity index (χ1v) is 15.6. The average molecular weight is 485 g/mol. The second-order valence-corrected chi connectivity index (χ2v) is 15.9. The summed E-state index contributed by atoms with van der Waals surface area (Å²) in [4.78, 5) is 12.6. The molecule has 0 aliphatic rings. The molecule has 0 saturated heterocycles. The molecule has 0 aliphatic heterocycles. The molecule has 0 bridgehead atoms. The molecule has 0 aliphatic carbocycles. The molecule has 1 aromatic carbocycles. The van der Waals surface area contributed by atoms with E-state index in [0.29, 0.717) is 12.8 Å². The minimum atomic E-state index is -1.99. The molecule has 4 heteroatoms. The van der Waals surface area contributed by atoms with E-state index in [4.69, 9.17) is 4.43 Å². The van der Waals surface area contributed by atoms with Crippen molar-refractivity contribution >= 4 is 14.1 Å². The molecule has 0 saturated carbocycles. The summed E-state index contributed by atoms with van der Waals surface area (Å²) in [6.45, 7) is 19.1. The minimum absolute atomic E-state index is 0.0859. The van der Waals surface area contributed by atoms with Gasteiger partial charge in [0.15, 0.2) is 8.32 Å². The molecule has 0 radical (unpaired) electrons. The maximum absolute atomic E-state index is 12.6. The summed E-state index contributed by atoms with van der Waals surface area (Å²) in [7, 11) is -1.99. The summed E-state index contributed by atoms with van der Waals surface area (Å²) in [6, 6.07) is 10.3. The molecule has 0 fully saturated rings. The van der Waals surface area contributed by atoms with Gasteiger partial charge < -0.3 is 9.53 Å². The van der Waals surface area contributed by atoms with Gasteiger partial charge in [-0.15, -0.1) is 6.58 Å². The molecule has 0 spiro atoms. The van der Waals surface area contributed by atoms with Gasteiger partial charge in [-0.3, -0.25) is 4.79 Å². The Morgan fingerprint density at radius 2 is 1.71 bits per heavy atom. The molecule has 0 heterocycles. The van der Waals surface area contributed by atoms with Crippen molar-refractivity contribution in [2.24, 2.45) is 0 Å². The van der Waals surface area contributed by atoms with Crippen LogP contribution in [0.3, 0.4) is 0 Å². The van der Waals surface area contributed by atoms with Crippen LogP contribution in [0.1, 0.15) is 78.7 Å². The standard InChI is InChI=1S/C30H48O3Si/c1-9-10-14-25(3)21-29(33-34(7,8)30(4,5)6)23-28(32)22-27(31)20-18-24(2)17-19-26-15-12-11-13-16-26/h9,11-17,28-29,32H,1,10,18-23H2,2-8H3/b24-17+,25-14+/t28-,29+/m0/s1. The predicted molar refractivity (Wildman–Crippen MR) is 149 cm³/mol. The maximum Gasteiger partial charge on any atom is 0.192 e. The van der Waals surface area contributed by atoms with Crippen LogP contribution in [-0.2, 0) is 15.6 Å². The van der Waals surface area contributed by atoms with E-state index in [0.717, 1.165) is 25.7 Å². The van der Waals surface area contributed by atoms with Crippen LogP contribution < -0.4 is 0 Å². The Morgan fingerprint density at radius 3 is 2.29 bits per heavy atom. The van der Waals surface area contributed by atoms with Gasteiger partial charge in [0.05, 0.1) is 12.2 Å². The van der Waals surface area contributed by atoms with Gasteiger partial charge in [-0.1, -0.05) is 80.5 Å². The van der Waals surface area contributed by atoms with Crippen molar-refractivity contribution in [3.63, 3.8) is 0 Å². The van der Waals surface area contributed by atoms with Crippen LogP contribution in [-0.4, -0.2) is 31.4 Å². The number of aliphatic hydroxyl groups excluding tert-OH is 1. The highest BCUT2D eigenvalue weighted by Gasteiger charge is 2.39. The molecule has 0 aromatic heterocycles. The molecule has 2 atom stereocenters. The summed E-state index contributed by atoms with van der Waals surface area (Å²) in [5, 5.41) is 10.9. The molecule has 34 heavy (non-hydrogen) atoms. The van der Waals surface area contributed by atoms with Crippen molar-refractivity contribution in [2.75, 3.05) is 0 Å². The Kier molecular flexibility index (Phi) is 13.0. The van der Waals surface area contributed by atoms with Gasteiger partial charge >= 0.3 is 0 Å². The lowest BCUT2D eigenvalue weighted by molar-refractivity contribution is -0.121. The summed E-state index contributed by atoms with van der Waals surface area (Å²) in [6.07, 6.45) is 9.86. The van der Waals surface area contributed by atoms with Crippen LogP contribution in [0.4, 0.5) is 0 Å². The van der Waals surface area contributed by atoms with E-state index >= 15 is 0 Å². The smallest absolute Gasteiger partial charge is 0.192 e. The predicted octanol–water partition coefficient (Wildman–Crippen LogP) is 7.97. The SMILES string of the molecule is C=CC/C=C(\C)C[C@H](C[C@@H](O)CC(=O)CC/C(C)=C/Cc1ccccc1)O[Si](C)(C)C(C)(C)C. The maximum atomic E-state index is 12.6. The number of allylic oxidation sites excluding steroid dienone is 4. The number of hydrogen-bond acceptors (Lipinski definition) is 3. The zero-order chi connectivity index (χ0) is 25.8. The van der Waals surface area contributed by atoms with E-state index in [9.17, 15) is 9.90 Å². The van der Waals surface area contributed by atoms with E-state index < -0.39 is 14.4 Å². The highest BCUT2D eigenvalue weighted by molar-refractivity contribution is 6.74. The van der Waals surface area contributed by atoms with Crippen LogP contribution in [0.25, 0.3) is 0 Å². The highest BCUT2D eigenvalue weighted by Crippen LogP contribution is 2.38. The third-order valence-electron chi connectivity index (χ3n) is 6.78. The lowest BCUT2D eigenvalue weighted by Crippen LogP contribution is -2.44. The fraction of sp³-hybridized carbons (Fsp3) is 0.567. The van der Waals surface area contributed by atoms with Crippen LogP contribution in [0.5, 0.6) is 0 Å². The molecule has 190 valence electrons. The quantitative estimate of drug-likeness (QED) is 0.203. The normalized spacial score (nSPS) is 15.2. The van der Waals surface area contributed by atoms with Crippen LogP contribution in [0.2, 0.25) is 18.1 Å². The first-order chi connectivity index (χ1) is 15.8. The summed E-state index contributed by atoms with van der Waals surface area (Å²) < 4.78 is 6.67. The first-order valence-electron chi connectivity index (χ1n) is 12.7. The molecular formula is C30H48O3Si.